The molecule has 2 aromatic rings. The Balaban J connectivity index is 1.50. The SMILES string of the molecule is OCCOCCN1CCN(C2=Cc3ccccc3Cc3ccccc32)CC1. The van der Waals surface area contributed by atoms with Crippen LogP contribution in [0.2, 0.25) is 0 Å². The second-order valence-electron chi connectivity index (χ2n) is 7.23. The molecule has 1 aliphatic carbocycles. The van der Waals surface area contributed by atoms with Crippen molar-refractivity contribution < 1.29 is 9.84 Å². The third-order valence-corrected chi connectivity index (χ3v) is 5.52. The first-order valence-corrected chi connectivity index (χ1v) is 9.89. The van der Waals surface area contributed by atoms with Gasteiger partial charge in [0.25, 0.3) is 0 Å². The molecule has 1 N–H and O–H groups in total. The van der Waals surface area contributed by atoms with Crippen LogP contribution < -0.4 is 0 Å². The highest BCUT2D eigenvalue weighted by atomic mass is 16.5. The second-order valence-corrected chi connectivity index (χ2v) is 7.23. The van der Waals surface area contributed by atoms with E-state index in [1.165, 1.54) is 28.0 Å². The summed E-state index contributed by atoms with van der Waals surface area (Å²) < 4.78 is 5.41. The number of aliphatic hydroxyl groups excluding tert-OH is 1. The Morgan fingerprint density at radius 1 is 0.852 bits per heavy atom. The first-order valence-electron chi connectivity index (χ1n) is 9.89. The number of benzene rings is 2. The maximum absolute atomic E-state index is 8.80. The van der Waals surface area contributed by atoms with E-state index in [2.05, 4.69) is 64.4 Å². The van der Waals surface area contributed by atoms with E-state index in [1.54, 1.807) is 0 Å². The molecule has 2 aromatic carbocycles. The topological polar surface area (TPSA) is 35.9 Å². The zero-order valence-electron chi connectivity index (χ0n) is 15.8. The number of piperazine rings is 1. The van der Waals surface area contributed by atoms with Crippen LogP contribution >= 0.6 is 0 Å². The van der Waals surface area contributed by atoms with Gasteiger partial charge >= 0.3 is 0 Å². The zero-order valence-corrected chi connectivity index (χ0v) is 15.8. The Hall–Kier alpha value is -2.14. The van der Waals surface area contributed by atoms with Crippen molar-refractivity contribution in [1.82, 2.24) is 9.80 Å². The average Bonchev–Trinajstić information content (AvgIpc) is 2.88. The van der Waals surface area contributed by atoms with E-state index in [1.807, 2.05) is 0 Å². The summed E-state index contributed by atoms with van der Waals surface area (Å²) in [6.45, 7) is 6.32. The Kier molecular flexibility index (Phi) is 5.87. The summed E-state index contributed by atoms with van der Waals surface area (Å²) in [5, 5.41) is 8.80. The molecule has 0 saturated carbocycles. The summed E-state index contributed by atoms with van der Waals surface area (Å²) in [7, 11) is 0. The van der Waals surface area contributed by atoms with Gasteiger partial charge in [-0.1, -0.05) is 48.5 Å². The van der Waals surface area contributed by atoms with Crippen LogP contribution in [0.15, 0.2) is 48.5 Å². The van der Waals surface area contributed by atoms with E-state index in [0.29, 0.717) is 13.2 Å². The van der Waals surface area contributed by atoms with Gasteiger partial charge in [0.05, 0.1) is 19.8 Å². The molecular weight excluding hydrogens is 336 g/mol. The molecule has 1 heterocycles. The molecule has 1 saturated heterocycles. The van der Waals surface area contributed by atoms with E-state index in [-0.39, 0.29) is 6.61 Å². The lowest BCUT2D eigenvalue weighted by Gasteiger charge is -2.37. The molecule has 142 valence electrons. The van der Waals surface area contributed by atoms with Gasteiger partial charge < -0.3 is 14.7 Å². The fourth-order valence-corrected chi connectivity index (χ4v) is 4.02. The lowest BCUT2D eigenvalue weighted by atomic mass is 9.99. The van der Waals surface area contributed by atoms with Crippen molar-refractivity contribution in [2.75, 3.05) is 52.5 Å². The van der Waals surface area contributed by atoms with Gasteiger partial charge in [0.2, 0.25) is 0 Å². The molecule has 4 nitrogen and oxygen atoms in total. The van der Waals surface area contributed by atoms with Gasteiger partial charge in [-0.05, 0) is 29.2 Å². The van der Waals surface area contributed by atoms with Crippen LogP contribution in [-0.2, 0) is 11.2 Å². The molecular formula is C23H28N2O2. The molecule has 0 spiro atoms. The van der Waals surface area contributed by atoms with Crippen LogP contribution in [0.4, 0.5) is 0 Å². The number of aliphatic hydroxyl groups is 1. The number of rotatable bonds is 6. The highest BCUT2D eigenvalue weighted by Gasteiger charge is 2.23. The molecule has 4 heteroatoms. The van der Waals surface area contributed by atoms with E-state index in [0.717, 1.165) is 39.1 Å². The highest BCUT2D eigenvalue weighted by molar-refractivity contribution is 5.84. The molecule has 1 fully saturated rings. The van der Waals surface area contributed by atoms with Crippen LogP contribution in [0.5, 0.6) is 0 Å². The van der Waals surface area contributed by atoms with Crippen molar-refractivity contribution in [2.24, 2.45) is 0 Å². The first-order chi connectivity index (χ1) is 13.3. The minimum Gasteiger partial charge on any atom is -0.394 e. The average molecular weight is 364 g/mol. The maximum Gasteiger partial charge on any atom is 0.0698 e. The lowest BCUT2D eigenvalue weighted by Crippen LogP contribution is -2.46. The maximum atomic E-state index is 8.80. The van der Waals surface area contributed by atoms with E-state index in [9.17, 15) is 0 Å². The van der Waals surface area contributed by atoms with Crippen molar-refractivity contribution in [3.05, 3.63) is 70.8 Å². The van der Waals surface area contributed by atoms with Gasteiger partial charge in [0.15, 0.2) is 0 Å². The highest BCUT2D eigenvalue weighted by Crippen LogP contribution is 2.32. The molecule has 4 rings (SSSR count). The Morgan fingerprint density at radius 3 is 2.41 bits per heavy atom. The predicted octanol–water partition coefficient (Wildman–Crippen LogP) is 2.72. The third kappa shape index (κ3) is 4.24. The number of nitrogens with zero attached hydrogens (tertiary/aromatic N) is 2. The quantitative estimate of drug-likeness (QED) is 0.800. The van der Waals surface area contributed by atoms with Crippen LogP contribution in [0.3, 0.4) is 0 Å². The van der Waals surface area contributed by atoms with E-state index in [4.69, 9.17) is 9.84 Å². The van der Waals surface area contributed by atoms with Gasteiger partial charge in [-0.15, -0.1) is 0 Å². The van der Waals surface area contributed by atoms with Gasteiger partial charge in [-0.2, -0.15) is 0 Å². The van der Waals surface area contributed by atoms with E-state index >= 15 is 0 Å². The monoisotopic (exact) mass is 364 g/mol. The van der Waals surface area contributed by atoms with Gasteiger partial charge in [-0.3, -0.25) is 4.90 Å². The van der Waals surface area contributed by atoms with Crippen molar-refractivity contribution >= 4 is 11.8 Å². The Morgan fingerprint density at radius 2 is 1.59 bits per heavy atom. The Bertz CT molecular complexity index is 794. The first kappa shape index (κ1) is 18.2. The molecule has 0 radical (unpaired) electrons. The third-order valence-electron chi connectivity index (χ3n) is 5.52. The summed E-state index contributed by atoms with van der Waals surface area (Å²) >= 11 is 0. The molecule has 1 aliphatic heterocycles. The number of fused-ring (bicyclic) bond motifs is 2. The Labute approximate surface area is 161 Å². The molecule has 0 bridgehead atoms. The van der Waals surface area contributed by atoms with Gasteiger partial charge in [-0.25, -0.2) is 0 Å². The minimum absolute atomic E-state index is 0.100. The summed E-state index contributed by atoms with van der Waals surface area (Å²) in [5.41, 5.74) is 6.87. The molecule has 0 aromatic heterocycles. The fourth-order valence-electron chi connectivity index (χ4n) is 4.02. The van der Waals surface area contributed by atoms with Gasteiger partial charge in [0.1, 0.15) is 0 Å². The molecule has 2 aliphatic rings. The summed E-state index contributed by atoms with van der Waals surface area (Å²) in [5.74, 6) is 0. The van der Waals surface area contributed by atoms with Crippen LogP contribution in [0.1, 0.15) is 22.3 Å². The molecule has 27 heavy (non-hydrogen) atoms. The lowest BCUT2D eigenvalue weighted by molar-refractivity contribution is 0.0644. The van der Waals surface area contributed by atoms with Crippen molar-refractivity contribution in [3.63, 3.8) is 0 Å². The second kappa shape index (κ2) is 8.70. The normalized spacial score (nSPS) is 17.1. The van der Waals surface area contributed by atoms with Crippen LogP contribution in [-0.4, -0.2) is 67.5 Å². The summed E-state index contributed by atoms with van der Waals surface area (Å²) in [6, 6.07) is 17.6. The predicted molar refractivity (Wildman–Crippen MR) is 109 cm³/mol. The van der Waals surface area contributed by atoms with Crippen molar-refractivity contribution in [1.29, 1.82) is 0 Å². The number of ether oxygens (including phenoxy) is 1. The smallest absolute Gasteiger partial charge is 0.0698 e. The van der Waals surface area contributed by atoms with Gasteiger partial charge in [0, 0.05) is 44.0 Å². The molecule has 0 unspecified atom stereocenters. The minimum atomic E-state index is 0.100. The summed E-state index contributed by atoms with van der Waals surface area (Å²) in [6.07, 6.45) is 3.37. The van der Waals surface area contributed by atoms with E-state index < -0.39 is 0 Å². The molecule has 0 atom stereocenters. The largest absolute Gasteiger partial charge is 0.394 e. The number of hydrogen-bond acceptors (Lipinski definition) is 4. The van der Waals surface area contributed by atoms with Crippen molar-refractivity contribution in [3.8, 4) is 0 Å². The number of hydrogen-bond donors (Lipinski definition) is 1. The fraction of sp³-hybridized carbons (Fsp3) is 0.391. The zero-order chi connectivity index (χ0) is 18.5. The van der Waals surface area contributed by atoms with Crippen LogP contribution in [0.25, 0.3) is 11.8 Å². The molecule has 0 amide bonds. The summed E-state index contributed by atoms with van der Waals surface area (Å²) in [4.78, 5) is 4.98. The standard InChI is InChI=1S/C23H28N2O2/c26-14-16-27-15-13-24-9-11-25(12-10-24)23-18-20-6-2-1-5-19(20)17-21-7-3-4-8-22(21)23/h1-8,18,26H,9-17H2. The van der Waals surface area contributed by atoms with Crippen molar-refractivity contribution in [2.45, 2.75) is 6.42 Å². The van der Waals surface area contributed by atoms with Crippen LogP contribution in [0, 0.1) is 0 Å².